The zero-order chi connectivity index (χ0) is 16.1. The molecule has 6 heteroatoms. The largest absolute Gasteiger partial charge is 0.339 e. The van der Waals surface area contributed by atoms with E-state index >= 15 is 0 Å². The van der Waals surface area contributed by atoms with Crippen molar-refractivity contribution in [2.45, 2.75) is 18.8 Å². The summed E-state index contributed by atoms with van der Waals surface area (Å²) in [6, 6.07) is 5.66. The van der Waals surface area contributed by atoms with Crippen molar-refractivity contribution in [1.29, 1.82) is 0 Å². The number of anilines is 2. The molecular weight excluding hydrogens is 290 g/mol. The smallest absolute Gasteiger partial charge is 0.245 e. The summed E-state index contributed by atoms with van der Waals surface area (Å²) in [5, 5.41) is 3.22. The molecule has 23 heavy (non-hydrogen) atoms. The first-order valence-corrected chi connectivity index (χ1v) is 7.68. The minimum Gasteiger partial charge on any atom is -0.339 e. The summed E-state index contributed by atoms with van der Waals surface area (Å²) in [5.74, 6) is 1.55. The van der Waals surface area contributed by atoms with Crippen molar-refractivity contribution in [2.24, 2.45) is 0 Å². The summed E-state index contributed by atoms with van der Waals surface area (Å²) < 4.78 is 0. The topological polar surface area (TPSA) is 71.0 Å². The highest BCUT2D eigenvalue weighted by atomic mass is 16.2. The summed E-state index contributed by atoms with van der Waals surface area (Å²) in [7, 11) is 0. The molecule has 1 saturated heterocycles. The maximum atomic E-state index is 11.9. The molecule has 2 aromatic rings. The van der Waals surface area contributed by atoms with Crippen LogP contribution in [0.25, 0.3) is 0 Å². The van der Waals surface area contributed by atoms with Gasteiger partial charge in [0.2, 0.25) is 5.91 Å². The molecule has 0 aromatic carbocycles. The third-order valence-electron chi connectivity index (χ3n) is 3.93. The Morgan fingerprint density at radius 1 is 1.26 bits per heavy atom. The molecule has 0 spiro atoms. The van der Waals surface area contributed by atoms with Crippen molar-refractivity contribution in [3.8, 4) is 0 Å². The second-order valence-electron chi connectivity index (χ2n) is 5.46. The first-order valence-electron chi connectivity index (χ1n) is 7.68. The highest BCUT2D eigenvalue weighted by Crippen LogP contribution is 2.30. The van der Waals surface area contributed by atoms with E-state index in [1.165, 1.54) is 6.08 Å². The van der Waals surface area contributed by atoms with E-state index in [0.717, 1.165) is 30.9 Å². The number of carbonyl (C=O) groups is 1. The number of hydrogen-bond acceptors (Lipinski definition) is 5. The number of likely N-dealkylation sites (tertiary alicyclic amines) is 1. The Morgan fingerprint density at radius 2 is 2.13 bits per heavy atom. The van der Waals surface area contributed by atoms with Crippen molar-refractivity contribution >= 4 is 17.5 Å². The molecule has 0 saturated carbocycles. The van der Waals surface area contributed by atoms with Gasteiger partial charge in [0.25, 0.3) is 0 Å². The van der Waals surface area contributed by atoms with Gasteiger partial charge in [0.1, 0.15) is 5.82 Å². The standard InChI is InChI=1S/C17H19N5O/c1-2-15(23)22-11-5-6-13(12-22)16-17(20-10-9-19-16)21-14-7-3-4-8-18-14/h2-4,7-10,13H,1,5-6,11-12H2,(H,18,20,21)/t13-/m1/s1. The molecule has 1 aliphatic rings. The molecule has 2 aromatic heterocycles. The Morgan fingerprint density at radius 3 is 2.91 bits per heavy atom. The number of nitrogens with one attached hydrogen (secondary N) is 1. The molecule has 0 unspecified atom stereocenters. The predicted molar refractivity (Wildman–Crippen MR) is 88.3 cm³/mol. The van der Waals surface area contributed by atoms with Gasteiger partial charge in [-0.1, -0.05) is 12.6 Å². The Kier molecular flexibility index (Phi) is 4.61. The highest BCUT2D eigenvalue weighted by molar-refractivity contribution is 5.87. The predicted octanol–water partition coefficient (Wildman–Crippen LogP) is 2.51. The second kappa shape index (κ2) is 7.00. The fraction of sp³-hybridized carbons (Fsp3) is 0.294. The lowest BCUT2D eigenvalue weighted by Crippen LogP contribution is -2.38. The number of aromatic nitrogens is 3. The summed E-state index contributed by atoms with van der Waals surface area (Å²) >= 11 is 0. The Labute approximate surface area is 135 Å². The van der Waals surface area contributed by atoms with Crippen molar-refractivity contribution in [1.82, 2.24) is 19.9 Å². The molecule has 1 fully saturated rings. The molecule has 0 bridgehead atoms. The first kappa shape index (κ1) is 15.1. The molecule has 1 aliphatic heterocycles. The van der Waals surface area contributed by atoms with Crippen LogP contribution >= 0.6 is 0 Å². The van der Waals surface area contributed by atoms with Gasteiger partial charge in [-0.3, -0.25) is 9.78 Å². The number of pyridine rings is 1. The number of rotatable bonds is 4. The lowest BCUT2D eigenvalue weighted by molar-refractivity contribution is -0.127. The van der Waals surface area contributed by atoms with Crippen LogP contribution in [0.3, 0.4) is 0 Å². The monoisotopic (exact) mass is 309 g/mol. The van der Waals surface area contributed by atoms with E-state index in [2.05, 4.69) is 26.8 Å². The van der Waals surface area contributed by atoms with Crippen molar-refractivity contribution in [2.75, 3.05) is 18.4 Å². The van der Waals surface area contributed by atoms with Crippen LogP contribution in [0.4, 0.5) is 11.6 Å². The number of amides is 1. The number of piperidine rings is 1. The maximum Gasteiger partial charge on any atom is 0.245 e. The van der Waals surface area contributed by atoms with E-state index < -0.39 is 0 Å². The van der Waals surface area contributed by atoms with Gasteiger partial charge in [0, 0.05) is 37.6 Å². The van der Waals surface area contributed by atoms with E-state index in [-0.39, 0.29) is 11.8 Å². The van der Waals surface area contributed by atoms with E-state index in [1.54, 1.807) is 18.6 Å². The zero-order valence-corrected chi connectivity index (χ0v) is 12.9. The van der Waals surface area contributed by atoms with Crippen molar-refractivity contribution in [3.63, 3.8) is 0 Å². The number of hydrogen-bond donors (Lipinski definition) is 1. The molecule has 1 atom stereocenters. The minimum atomic E-state index is -0.0298. The Hall–Kier alpha value is -2.76. The minimum absolute atomic E-state index is 0.0298. The molecule has 118 valence electrons. The Balaban J connectivity index is 1.82. The molecule has 3 rings (SSSR count). The lowest BCUT2D eigenvalue weighted by atomic mass is 9.94. The summed E-state index contributed by atoms with van der Waals surface area (Å²) in [6.07, 6.45) is 8.37. The van der Waals surface area contributed by atoms with Gasteiger partial charge in [0.15, 0.2) is 5.82 Å². The van der Waals surface area contributed by atoms with Gasteiger partial charge in [-0.25, -0.2) is 9.97 Å². The average Bonchev–Trinajstić information content (AvgIpc) is 2.62. The molecule has 0 aliphatic carbocycles. The second-order valence-corrected chi connectivity index (χ2v) is 5.46. The van der Waals surface area contributed by atoms with E-state index in [1.807, 2.05) is 23.1 Å². The van der Waals surface area contributed by atoms with Crippen LogP contribution in [0.5, 0.6) is 0 Å². The zero-order valence-electron chi connectivity index (χ0n) is 12.9. The molecular formula is C17H19N5O. The van der Waals surface area contributed by atoms with E-state index in [0.29, 0.717) is 12.4 Å². The highest BCUT2D eigenvalue weighted by Gasteiger charge is 2.26. The quantitative estimate of drug-likeness (QED) is 0.879. The SMILES string of the molecule is C=CC(=O)N1CCC[C@@H](c2nccnc2Nc2ccccn2)C1. The average molecular weight is 309 g/mol. The van der Waals surface area contributed by atoms with Crippen LogP contribution in [0, 0.1) is 0 Å². The van der Waals surface area contributed by atoms with Gasteiger partial charge in [0.05, 0.1) is 5.69 Å². The maximum absolute atomic E-state index is 11.9. The Bertz CT molecular complexity index is 688. The van der Waals surface area contributed by atoms with Crippen LogP contribution in [-0.2, 0) is 4.79 Å². The van der Waals surface area contributed by atoms with Gasteiger partial charge < -0.3 is 10.2 Å². The lowest BCUT2D eigenvalue weighted by Gasteiger charge is -2.32. The number of carbonyl (C=O) groups excluding carboxylic acids is 1. The van der Waals surface area contributed by atoms with E-state index in [4.69, 9.17) is 0 Å². The van der Waals surface area contributed by atoms with Gasteiger partial charge in [-0.2, -0.15) is 0 Å². The van der Waals surface area contributed by atoms with Gasteiger partial charge in [-0.05, 0) is 31.1 Å². The van der Waals surface area contributed by atoms with Crippen LogP contribution in [0.2, 0.25) is 0 Å². The first-order chi connectivity index (χ1) is 11.3. The van der Waals surface area contributed by atoms with Crippen molar-refractivity contribution in [3.05, 3.63) is 55.1 Å². The van der Waals surface area contributed by atoms with Gasteiger partial charge >= 0.3 is 0 Å². The number of nitrogens with zero attached hydrogens (tertiary/aromatic N) is 4. The third-order valence-corrected chi connectivity index (χ3v) is 3.93. The molecule has 0 radical (unpaired) electrons. The molecule has 6 nitrogen and oxygen atoms in total. The summed E-state index contributed by atoms with van der Waals surface area (Å²) in [6.45, 7) is 4.97. The van der Waals surface area contributed by atoms with Gasteiger partial charge in [-0.15, -0.1) is 0 Å². The van der Waals surface area contributed by atoms with E-state index in [9.17, 15) is 4.79 Å². The van der Waals surface area contributed by atoms with Crippen molar-refractivity contribution < 1.29 is 4.79 Å². The summed E-state index contributed by atoms with van der Waals surface area (Å²) in [4.78, 5) is 26.8. The normalized spacial score (nSPS) is 17.6. The molecule has 1 amide bonds. The van der Waals surface area contributed by atoms with Crippen LogP contribution in [0.15, 0.2) is 49.4 Å². The van der Waals surface area contributed by atoms with Crippen LogP contribution < -0.4 is 5.32 Å². The van der Waals surface area contributed by atoms with Crippen LogP contribution in [-0.4, -0.2) is 38.8 Å². The van der Waals surface area contributed by atoms with Crippen LogP contribution in [0.1, 0.15) is 24.5 Å². The molecule has 3 heterocycles. The fourth-order valence-corrected chi connectivity index (χ4v) is 2.83. The third kappa shape index (κ3) is 3.53. The molecule has 1 N–H and O–H groups in total. The summed E-state index contributed by atoms with van der Waals surface area (Å²) in [5.41, 5.74) is 0.875. The fourth-order valence-electron chi connectivity index (χ4n) is 2.83.